The average Bonchev–Trinajstić information content (AvgIpc) is 2.66. The maximum atomic E-state index is 11.9. The molecule has 0 aliphatic rings. The molecule has 0 fully saturated rings. The van der Waals surface area contributed by atoms with Crippen LogP contribution in [-0.4, -0.2) is 29.2 Å². The number of aliphatic hydroxyl groups is 1. The van der Waals surface area contributed by atoms with Crippen LogP contribution in [0.2, 0.25) is 0 Å². The first-order chi connectivity index (χ1) is 6.61. The average molecular weight is 222 g/mol. The van der Waals surface area contributed by atoms with Gasteiger partial charge in [-0.2, -0.15) is 0 Å². The van der Waals surface area contributed by atoms with Gasteiger partial charge in [-0.25, -0.2) is 8.78 Å². The Bertz CT molecular complexity index is 256. The zero-order valence-electron chi connectivity index (χ0n) is 7.65. The monoisotopic (exact) mass is 222 g/mol. The molecule has 2 atom stereocenters. The molecular formula is C8H12F2N2OS. The van der Waals surface area contributed by atoms with Crippen LogP contribution in [0.3, 0.4) is 0 Å². The van der Waals surface area contributed by atoms with E-state index < -0.39 is 12.5 Å². The fourth-order valence-corrected chi connectivity index (χ4v) is 1.58. The molecule has 1 heterocycles. The third-order valence-corrected chi connectivity index (χ3v) is 2.76. The fraction of sp³-hybridized carbons (Fsp3) is 0.625. The molecule has 0 radical (unpaired) electrons. The van der Waals surface area contributed by atoms with E-state index in [0.29, 0.717) is 0 Å². The van der Waals surface area contributed by atoms with Crippen LogP contribution in [0, 0.1) is 0 Å². The highest BCUT2D eigenvalue weighted by Gasteiger charge is 2.17. The summed E-state index contributed by atoms with van der Waals surface area (Å²) in [5, 5.41) is 11.7. The van der Waals surface area contributed by atoms with Crippen LogP contribution in [0.4, 0.5) is 8.78 Å². The Kier molecular flexibility index (Phi) is 4.37. The van der Waals surface area contributed by atoms with Gasteiger partial charge in [0.15, 0.2) is 0 Å². The minimum atomic E-state index is -2.70. The molecule has 80 valence electrons. The highest BCUT2D eigenvalue weighted by atomic mass is 32.1. The lowest BCUT2D eigenvalue weighted by molar-refractivity contribution is -0.00434. The predicted molar refractivity (Wildman–Crippen MR) is 50.5 cm³/mol. The third kappa shape index (κ3) is 3.28. The molecule has 0 bridgehead atoms. The largest absolute Gasteiger partial charge is 0.386 e. The van der Waals surface area contributed by atoms with Crippen LogP contribution in [0.5, 0.6) is 0 Å². The molecule has 0 spiro atoms. The Labute approximate surface area is 84.8 Å². The lowest BCUT2D eigenvalue weighted by atomic mass is 10.2. The van der Waals surface area contributed by atoms with Crippen molar-refractivity contribution in [1.29, 1.82) is 0 Å². The Balaban J connectivity index is 2.32. The van der Waals surface area contributed by atoms with Crippen LogP contribution < -0.4 is 5.32 Å². The van der Waals surface area contributed by atoms with Gasteiger partial charge in [-0.15, -0.1) is 11.3 Å². The molecule has 0 saturated carbocycles. The van der Waals surface area contributed by atoms with Gasteiger partial charge >= 0.3 is 0 Å². The Morgan fingerprint density at radius 3 is 2.86 bits per heavy atom. The number of nitrogens with zero attached hydrogens (tertiary/aromatic N) is 1. The summed E-state index contributed by atoms with van der Waals surface area (Å²) in [5.74, 6) is 0. The van der Waals surface area contributed by atoms with Crippen molar-refractivity contribution in [2.24, 2.45) is 0 Å². The maximum Gasteiger partial charge on any atom is 0.265 e. The fourth-order valence-electron chi connectivity index (χ4n) is 0.927. The van der Waals surface area contributed by atoms with E-state index in [4.69, 9.17) is 5.11 Å². The first-order valence-electron chi connectivity index (χ1n) is 4.19. The zero-order chi connectivity index (χ0) is 10.6. The van der Waals surface area contributed by atoms with E-state index >= 15 is 0 Å². The second-order valence-electron chi connectivity index (χ2n) is 2.94. The molecule has 1 aromatic heterocycles. The second-order valence-corrected chi connectivity index (χ2v) is 3.85. The Morgan fingerprint density at radius 1 is 1.64 bits per heavy atom. The van der Waals surface area contributed by atoms with Crippen molar-refractivity contribution >= 4 is 11.3 Å². The minimum Gasteiger partial charge on any atom is -0.386 e. The van der Waals surface area contributed by atoms with Crippen molar-refractivity contribution in [3.8, 4) is 0 Å². The highest BCUT2D eigenvalue weighted by molar-refractivity contribution is 7.09. The number of aromatic nitrogens is 1. The molecule has 0 aliphatic carbocycles. The number of hydrogen-bond acceptors (Lipinski definition) is 4. The number of alkyl halides is 2. The number of halogens is 2. The van der Waals surface area contributed by atoms with E-state index in [1.165, 1.54) is 11.3 Å². The van der Waals surface area contributed by atoms with Crippen molar-refractivity contribution < 1.29 is 13.9 Å². The zero-order valence-corrected chi connectivity index (χ0v) is 8.47. The number of thiazole rings is 1. The summed E-state index contributed by atoms with van der Waals surface area (Å²) in [6.45, 7) is 1.72. The lowest BCUT2D eigenvalue weighted by Crippen LogP contribution is -2.33. The van der Waals surface area contributed by atoms with Gasteiger partial charge in [0.25, 0.3) is 6.43 Å². The van der Waals surface area contributed by atoms with Crippen LogP contribution in [-0.2, 0) is 0 Å². The van der Waals surface area contributed by atoms with Crippen molar-refractivity contribution in [2.45, 2.75) is 25.5 Å². The first kappa shape index (κ1) is 11.5. The second kappa shape index (κ2) is 5.33. The van der Waals surface area contributed by atoms with Crippen molar-refractivity contribution in [2.75, 3.05) is 6.54 Å². The SMILES string of the molecule is CC(NCC(O)C(F)F)c1cncs1. The number of aliphatic hydroxyl groups excluding tert-OH is 1. The Morgan fingerprint density at radius 2 is 2.36 bits per heavy atom. The maximum absolute atomic E-state index is 11.9. The van der Waals surface area contributed by atoms with Crippen molar-refractivity contribution in [3.05, 3.63) is 16.6 Å². The van der Waals surface area contributed by atoms with Crippen LogP contribution in [0.15, 0.2) is 11.7 Å². The highest BCUT2D eigenvalue weighted by Crippen LogP contribution is 2.16. The van der Waals surface area contributed by atoms with Gasteiger partial charge in [0.2, 0.25) is 0 Å². The first-order valence-corrected chi connectivity index (χ1v) is 5.07. The van der Waals surface area contributed by atoms with Gasteiger partial charge in [-0.3, -0.25) is 4.98 Å². The molecule has 2 unspecified atom stereocenters. The van der Waals surface area contributed by atoms with Crippen LogP contribution in [0.25, 0.3) is 0 Å². The van der Waals surface area contributed by atoms with E-state index in [9.17, 15) is 8.78 Å². The Hall–Kier alpha value is -0.590. The number of hydrogen-bond donors (Lipinski definition) is 2. The van der Waals surface area contributed by atoms with E-state index in [1.807, 2.05) is 6.92 Å². The van der Waals surface area contributed by atoms with E-state index in [2.05, 4.69) is 10.3 Å². The molecule has 0 aliphatic heterocycles. The summed E-state index contributed by atoms with van der Waals surface area (Å²) < 4.78 is 23.8. The molecular weight excluding hydrogens is 210 g/mol. The molecule has 0 saturated heterocycles. The molecule has 3 nitrogen and oxygen atoms in total. The van der Waals surface area contributed by atoms with Crippen molar-refractivity contribution in [1.82, 2.24) is 10.3 Å². The summed E-state index contributed by atoms with van der Waals surface area (Å²) in [5.41, 5.74) is 1.68. The van der Waals surface area contributed by atoms with Gasteiger partial charge in [0.1, 0.15) is 6.10 Å². The van der Waals surface area contributed by atoms with Gasteiger partial charge in [0, 0.05) is 23.7 Å². The minimum absolute atomic E-state index is 0.0594. The number of rotatable bonds is 5. The van der Waals surface area contributed by atoms with E-state index in [0.717, 1.165) is 4.88 Å². The van der Waals surface area contributed by atoms with Crippen molar-refractivity contribution in [3.63, 3.8) is 0 Å². The molecule has 2 N–H and O–H groups in total. The summed E-state index contributed by atoms with van der Waals surface area (Å²) >= 11 is 1.45. The van der Waals surface area contributed by atoms with Gasteiger partial charge in [0.05, 0.1) is 5.51 Å². The number of nitrogens with one attached hydrogen (secondary N) is 1. The molecule has 1 rings (SSSR count). The normalized spacial score (nSPS) is 15.8. The predicted octanol–water partition coefficient (Wildman–Crippen LogP) is 1.42. The van der Waals surface area contributed by atoms with Crippen LogP contribution in [0.1, 0.15) is 17.8 Å². The standard InChI is InChI=1S/C8H12F2N2OS/c1-5(7-3-11-4-14-7)12-2-6(13)8(9)10/h3-6,8,12-13H,2H2,1H3. The lowest BCUT2D eigenvalue weighted by Gasteiger charge is -2.14. The van der Waals surface area contributed by atoms with E-state index in [-0.39, 0.29) is 12.6 Å². The quantitative estimate of drug-likeness (QED) is 0.792. The topological polar surface area (TPSA) is 45.1 Å². The molecule has 0 amide bonds. The smallest absolute Gasteiger partial charge is 0.265 e. The van der Waals surface area contributed by atoms with Crippen LogP contribution >= 0.6 is 11.3 Å². The molecule has 0 aromatic carbocycles. The van der Waals surface area contributed by atoms with Gasteiger partial charge in [-0.1, -0.05) is 0 Å². The summed E-state index contributed by atoms with van der Waals surface area (Å²) in [4.78, 5) is 4.84. The van der Waals surface area contributed by atoms with E-state index in [1.54, 1.807) is 11.7 Å². The third-order valence-electron chi connectivity index (χ3n) is 1.80. The molecule has 6 heteroatoms. The molecule has 14 heavy (non-hydrogen) atoms. The summed E-state index contributed by atoms with van der Waals surface area (Å²) in [7, 11) is 0. The summed E-state index contributed by atoms with van der Waals surface area (Å²) in [6.07, 6.45) is -2.63. The summed E-state index contributed by atoms with van der Waals surface area (Å²) in [6, 6.07) is -0.0594. The molecule has 1 aromatic rings. The van der Waals surface area contributed by atoms with Gasteiger partial charge in [-0.05, 0) is 6.92 Å². The van der Waals surface area contributed by atoms with Gasteiger partial charge < -0.3 is 10.4 Å².